The van der Waals surface area contributed by atoms with Crippen LogP contribution in [0.3, 0.4) is 0 Å². The minimum atomic E-state index is 0.0649. The molecule has 0 heterocycles. The fourth-order valence-corrected chi connectivity index (χ4v) is 5.21. The molecule has 0 aromatic rings. The lowest BCUT2D eigenvalue weighted by Crippen LogP contribution is -2.57. The second-order valence-electron chi connectivity index (χ2n) is 8.47. The lowest BCUT2D eigenvalue weighted by Gasteiger charge is -2.59. The molecular formula is C18H29N. The highest BCUT2D eigenvalue weighted by Crippen LogP contribution is 2.61. The molecule has 0 radical (unpaired) electrons. The Balaban J connectivity index is 1.92. The maximum Gasteiger partial charge on any atom is 0.0154 e. The van der Waals surface area contributed by atoms with E-state index in [-0.39, 0.29) is 5.54 Å². The summed E-state index contributed by atoms with van der Waals surface area (Å²) < 4.78 is 0. The summed E-state index contributed by atoms with van der Waals surface area (Å²) in [6, 6.07) is 0. The van der Waals surface area contributed by atoms with Gasteiger partial charge in [0.05, 0.1) is 0 Å². The van der Waals surface area contributed by atoms with Crippen LogP contribution in [0.15, 0.2) is 24.3 Å². The average Bonchev–Trinajstić information content (AvgIpc) is 2.35. The molecule has 106 valence electrons. The van der Waals surface area contributed by atoms with Crippen molar-refractivity contribution in [3.63, 3.8) is 0 Å². The highest BCUT2D eigenvalue weighted by atomic mass is 14.8. The number of allylic oxidation sites excluding steroid dienone is 4. The van der Waals surface area contributed by atoms with Gasteiger partial charge in [-0.3, -0.25) is 0 Å². The summed E-state index contributed by atoms with van der Waals surface area (Å²) in [5.74, 6) is 1.46. The van der Waals surface area contributed by atoms with Gasteiger partial charge in [-0.15, -0.1) is 0 Å². The van der Waals surface area contributed by atoms with Crippen molar-refractivity contribution in [1.29, 1.82) is 0 Å². The van der Waals surface area contributed by atoms with Crippen LogP contribution >= 0.6 is 0 Å². The van der Waals surface area contributed by atoms with Crippen molar-refractivity contribution in [2.45, 2.75) is 64.8 Å². The van der Waals surface area contributed by atoms with Gasteiger partial charge in [0, 0.05) is 5.54 Å². The first kappa shape index (κ1) is 13.4. The second kappa shape index (κ2) is 4.22. The van der Waals surface area contributed by atoms with Crippen LogP contribution in [0.25, 0.3) is 0 Å². The molecule has 4 unspecified atom stereocenters. The molecule has 0 aromatic carbocycles. The number of fused-ring (bicyclic) bond motifs is 2. The minimum Gasteiger partial charge on any atom is -0.325 e. The van der Waals surface area contributed by atoms with Crippen molar-refractivity contribution in [3.05, 3.63) is 24.3 Å². The predicted octanol–water partition coefficient (Wildman–Crippen LogP) is 4.44. The summed E-state index contributed by atoms with van der Waals surface area (Å²) in [5, 5.41) is 0. The molecule has 19 heavy (non-hydrogen) atoms. The maximum atomic E-state index is 6.61. The topological polar surface area (TPSA) is 26.0 Å². The van der Waals surface area contributed by atoms with E-state index in [1.165, 1.54) is 38.5 Å². The highest BCUT2D eigenvalue weighted by molar-refractivity contribution is 5.17. The summed E-state index contributed by atoms with van der Waals surface area (Å²) in [4.78, 5) is 0. The third-order valence-electron chi connectivity index (χ3n) is 6.14. The van der Waals surface area contributed by atoms with E-state index in [4.69, 9.17) is 5.73 Å². The summed E-state index contributed by atoms with van der Waals surface area (Å²) >= 11 is 0. The van der Waals surface area contributed by atoms with Crippen LogP contribution in [0.2, 0.25) is 0 Å². The van der Waals surface area contributed by atoms with E-state index in [0.717, 1.165) is 5.92 Å². The zero-order chi connectivity index (χ0) is 13.7. The third kappa shape index (κ3) is 2.31. The van der Waals surface area contributed by atoms with Crippen molar-refractivity contribution in [3.8, 4) is 0 Å². The van der Waals surface area contributed by atoms with E-state index >= 15 is 0 Å². The van der Waals surface area contributed by atoms with Gasteiger partial charge < -0.3 is 5.73 Å². The van der Waals surface area contributed by atoms with Crippen molar-refractivity contribution in [1.82, 2.24) is 0 Å². The Morgan fingerprint density at radius 1 is 1.05 bits per heavy atom. The number of hydrogen-bond donors (Lipinski definition) is 1. The average molecular weight is 259 g/mol. The van der Waals surface area contributed by atoms with Crippen LogP contribution in [0, 0.1) is 22.7 Å². The van der Waals surface area contributed by atoms with Gasteiger partial charge in [-0.1, -0.05) is 38.2 Å². The van der Waals surface area contributed by atoms with Crippen LogP contribution in [0.5, 0.6) is 0 Å². The van der Waals surface area contributed by atoms with Gasteiger partial charge in [-0.05, 0) is 68.1 Å². The van der Waals surface area contributed by atoms with Crippen molar-refractivity contribution >= 4 is 0 Å². The SMILES string of the molecule is CC1(C)CC2CC(C3C=CC=CC3)(CCC2(C)N)C1. The van der Waals surface area contributed by atoms with Crippen LogP contribution in [-0.4, -0.2) is 5.54 Å². The summed E-state index contributed by atoms with van der Waals surface area (Å²) in [5.41, 5.74) is 7.65. The van der Waals surface area contributed by atoms with E-state index in [1.54, 1.807) is 0 Å². The first-order valence-electron chi connectivity index (χ1n) is 7.95. The molecule has 3 aliphatic rings. The Morgan fingerprint density at radius 3 is 2.53 bits per heavy atom. The normalized spacial score (nSPS) is 48.2. The Bertz CT molecular complexity index is 415. The molecule has 1 heteroatoms. The first-order chi connectivity index (χ1) is 8.83. The molecule has 0 aromatic heterocycles. The zero-order valence-corrected chi connectivity index (χ0v) is 12.8. The summed E-state index contributed by atoms with van der Waals surface area (Å²) in [6.45, 7) is 7.20. The Morgan fingerprint density at radius 2 is 1.84 bits per heavy atom. The zero-order valence-electron chi connectivity index (χ0n) is 12.8. The third-order valence-corrected chi connectivity index (χ3v) is 6.14. The summed E-state index contributed by atoms with van der Waals surface area (Å²) in [6.07, 6.45) is 17.1. The molecule has 4 atom stereocenters. The van der Waals surface area contributed by atoms with Gasteiger partial charge in [0.1, 0.15) is 0 Å². The fraction of sp³-hybridized carbons (Fsp3) is 0.778. The van der Waals surface area contributed by atoms with Crippen LogP contribution < -0.4 is 5.73 Å². The van der Waals surface area contributed by atoms with E-state index in [2.05, 4.69) is 45.1 Å². The second-order valence-corrected chi connectivity index (χ2v) is 8.47. The van der Waals surface area contributed by atoms with Gasteiger partial charge in [-0.2, -0.15) is 0 Å². The molecule has 1 nitrogen and oxygen atoms in total. The van der Waals surface area contributed by atoms with Gasteiger partial charge in [-0.25, -0.2) is 0 Å². The van der Waals surface area contributed by atoms with Gasteiger partial charge in [0.15, 0.2) is 0 Å². The Hall–Kier alpha value is -0.560. The van der Waals surface area contributed by atoms with Gasteiger partial charge in [0.25, 0.3) is 0 Å². The van der Waals surface area contributed by atoms with Crippen LogP contribution in [0.4, 0.5) is 0 Å². The fourth-order valence-electron chi connectivity index (χ4n) is 5.21. The van der Waals surface area contributed by atoms with Crippen molar-refractivity contribution in [2.75, 3.05) is 0 Å². The lowest BCUT2D eigenvalue weighted by atomic mass is 9.47. The van der Waals surface area contributed by atoms with Crippen molar-refractivity contribution < 1.29 is 0 Å². The van der Waals surface area contributed by atoms with Crippen LogP contribution in [0.1, 0.15) is 59.3 Å². The summed E-state index contributed by atoms with van der Waals surface area (Å²) in [7, 11) is 0. The standard InChI is InChI=1S/C18H29N/c1-16(2)11-15-12-18(13-16,10-9-17(15,3)19)14-7-5-4-6-8-14/h4-7,14-15H,8-13,19H2,1-3H3. The van der Waals surface area contributed by atoms with Crippen molar-refractivity contribution in [2.24, 2.45) is 28.4 Å². The molecular weight excluding hydrogens is 230 g/mol. The Labute approximate surface area is 118 Å². The van der Waals surface area contributed by atoms with E-state index < -0.39 is 0 Å². The number of rotatable bonds is 1. The first-order valence-corrected chi connectivity index (χ1v) is 7.95. The molecule has 2 bridgehead atoms. The molecule has 0 saturated heterocycles. The monoisotopic (exact) mass is 259 g/mol. The number of nitrogens with two attached hydrogens (primary N) is 1. The smallest absolute Gasteiger partial charge is 0.0154 e. The van der Waals surface area contributed by atoms with E-state index in [0.29, 0.717) is 16.7 Å². The predicted molar refractivity (Wildman–Crippen MR) is 81.8 cm³/mol. The lowest BCUT2D eigenvalue weighted by molar-refractivity contribution is -0.0606. The quantitative estimate of drug-likeness (QED) is 0.740. The van der Waals surface area contributed by atoms with Gasteiger partial charge in [0.2, 0.25) is 0 Å². The molecule has 2 saturated carbocycles. The Kier molecular flexibility index (Phi) is 2.98. The van der Waals surface area contributed by atoms with E-state index in [1.807, 2.05) is 0 Å². The molecule has 3 aliphatic carbocycles. The largest absolute Gasteiger partial charge is 0.325 e. The molecule has 0 aliphatic heterocycles. The molecule has 2 N–H and O–H groups in total. The molecule has 0 amide bonds. The number of hydrogen-bond acceptors (Lipinski definition) is 1. The molecule has 3 rings (SSSR count). The minimum absolute atomic E-state index is 0.0649. The maximum absolute atomic E-state index is 6.61. The van der Waals surface area contributed by atoms with Crippen LogP contribution in [-0.2, 0) is 0 Å². The molecule has 2 fully saturated rings. The highest BCUT2D eigenvalue weighted by Gasteiger charge is 2.54. The molecule has 0 spiro atoms. The van der Waals surface area contributed by atoms with E-state index in [9.17, 15) is 0 Å². The van der Waals surface area contributed by atoms with Gasteiger partial charge >= 0.3 is 0 Å².